The molecule has 0 aliphatic rings. The smallest absolute Gasteiger partial charge is 0.160 e. The van der Waals surface area contributed by atoms with E-state index in [4.69, 9.17) is 9.97 Å². The van der Waals surface area contributed by atoms with Gasteiger partial charge in [0.15, 0.2) is 5.82 Å². The lowest BCUT2D eigenvalue weighted by Crippen LogP contribution is -1.97. The molecule has 0 bridgehead atoms. The molecule has 2 aromatic heterocycles. The van der Waals surface area contributed by atoms with E-state index >= 15 is 0 Å². The van der Waals surface area contributed by atoms with Gasteiger partial charge < -0.3 is 0 Å². The van der Waals surface area contributed by atoms with Crippen molar-refractivity contribution >= 4 is 63.8 Å². The van der Waals surface area contributed by atoms with Gasteiger partial charge in [-0.15, -0.1) is 11.3 Å². The SMILES string of the molecule is c1ccc(-c2nc(-c3ccc(-c4cccc5sc6ccccc6c45)cc3)cc(-c3ccccc3-c3c4ccccc4cc4c3ccc3ccccc34)n2)cc1. The Kier molecular flexibility index (Phi) is 7.39. The fourth-order valence-electron chi connectivity index (χ4n) is 8.32. The molecular formula is C52H32N2S. The van der Waals surface area contributed by atoms with Crippen molar-refractivity contribution in [1.82, 2.24) is 9.97 Å². The van der Waals surface area contributed by atoms with Crippen LogP contribution in [-0.4, -0.2) is 9.97 Å². The van der Waals surface area contributed by atoms with Crippen LogP contribution in [0.3, 0.4) is 0 Å². The van der Waals surface area contributed by atoms with E-state index in [1.54, 1.807) is 0 Å². The van der Waals surface area contributed by atoms with Crippen molar-refractivity contribution < 1.29 is 0 Å². The lowest BCUT2D eigenvalue weighted by molar-refractivity contribution is 1.18. The average molecular weight is 717 g/mol. The van der Waals surface area contributed by atoms with E-state index in [2.05, 4.69) is 188 Å². The Morgan fingerprint density at radius 3 is 1.82 bits per heavy atom. The maximum Gasteiger partial charge on any atom is 0.160 e. The number of hydrogen-bond donors (Lipinski definition) is 0. The molecule has 3 heteroatoms. The maximum atomic E-state index is 5.31. The van der Waals surface area contributed by atoms with E-state index in [-0.39, 0.29) is 0 Å². The van der Waals surface area contributed by atoms with E-state index in [1.807, 2.05) is 17.4 Å². The van der Waals surface area contributed by atoms with Crippen LogP contribution in [0, 0.1) is 0 Å². The molecule has 0 atom stereocenters. The Bertz CT molecular complexity index is 3250. The van der Waals surface area contributed by atoms with Gasteiger partial charge in [0, 0.05) is 36.9 Å². The van der Waals surface area contributed by atoms with E-state index in [1.165, 1.54) is 69.2 Å². The molecule has 2 heterocycles. The fraction of sp³-hybridized carbons (Fsp3) is 0. The van der Waals surface area contributed by atoms with Crippen molar-refractivity contribution in [3.63, 3.8) is 0 Å². The van der Waals surface area contributed by atoms with Crippen molar-refractivity contribution in [2.24, 2.45) is 0 Å². The van der Waals surface area contributed by atoms with Gasteiger partial charge in [0.05, 0.1) is 11.4 Å². The average Bonchev–Trinajstić information content (AvgIpc) is 3.65. The lowest BCUT2D eigenvalue weighted by Gasteiger charge is -2.17. The van der Waals surface area contributed by atoms with Gasteiger partial charge >= 0.3 is 0 Å². The topological polar surface area (TPSA) is 25.8 Å². The van der Waals surface area contributed by atoms with Crippen molar-refractivity contribution in [3.05, 3.63) is 194 Å². The summed E-state index contributed by atoms with van der Waals surface area (Å²) in [6.07, 6.45) is 0. The van der Waals surface area contributed by atoms with Crippen LogP contribution >= 0.6 is 11.3 Å². The Morgan fingerprint density at radius 2 is 0.964 bits per heavy atom. The summed E-state index contributed by atoms with van der Waals surface area (Å²) in [7, 11) is 0. The molecule has 0 saturated heterocycles. The molecule has 55 heavy (non-hydrogen) atoms. The van der Waals surface area contributed by atoms with Crippen molar-refractivity contribution in [3.8, 4) is 56.2 Å². The highest BCUT2D eigenvalue weighted by Crippen LogP contribution is 2.44. The minimum absolute atomic E-state index is 0.704. The highest BCUT2D eigenvalue weighted by atomic mass is 32.1. The molecule has 0 amide bonds. The van der Waals surface area contributed by atoms with Crippen molar-refractivity contribution in [2.75, 3.05) is 0 Å². The first kappa shape index (κ1) is 31.6. The van der Waals surface area contributed by atoms with Gasteiger partial charge in [0.25, 0.3) is 0 Å². The van der Waals surface area contributed by atoms with Crippen LogP contribution in [0.15, 0.2) is 194 Å². The molecule has 11 aromatic rings. The van der Waals surface area contributed by atoms with Crippen molar-refractivity contribution in [2.45, 2.75) is 0 Å². The van der Waals surface area contributed by atoms with Crippen LogP contribution in [0.5, 0.6) is 0 Å². The quantitative estimate of drug-likeness (QED) is 0.131. The Morgan fingerprint density at radius 1 is 0.327 bits per heavy atom. The first-order valence-corrected chi connectivity index (χ1v) is 19.5. The summed E-state index contributed by atoms with van der Waals surface area (Å²) < 4.78 is 2.62. The summed E-state index contributed by atoms with van der Waals surface area (Å²) in [6.45, 7) is 0. The summed E-state index contributed by atoms with van der Waals surface area (Å²) in [6, 6.07) is 69.7. The number of hydrogen-bond acceptors (Lipinski definition) is 3. The summed E-state index contributed by atoms with van der Waals surface area (Å²) >= 11 is 1.85. The molecule has 0 aliphatic heterocycles. The molecule has 0 aliphatic carbocycles. The molecule has 0 radical (unpaired) electrons. The molecule has 256 valence electrons. The summed E-state index contributed by atoms with van der Waals surface area (Å²) in [5.74, 6) is 0.704. The standard InChI is InChI=1S/C52H32N2S/c1-2-14-36(15-3-1)52-53-46(35-27-25-34(26-28-35)39-22-12-24-49-51(39)44-21-10-11-23-48(44)55-49)32-47(54-52)41-19-8-9-20-42(41)50-40-18-7-5-16-37(40)31-45-38-17-6-4-13-33(38)29-30-43(45)50/h1-32H. The fourth-order valence-corrected chi connectivity index (χ4v) is 9.45. The van der Waals surface area contributed by atoms with Gasteiger partial charge in [-0.2, -0.15) is 0 Å². The highest BCUT2D eigenvalue weighted by Gasteiger charge is 2.19. The number of benzene rings is 9. The van der Waals surface area contributed by atoms with Crippen LogP contribution in [0.2, 0.25) is 0 Å². The van der Waals surface area contributed by atoms with Crippen LogP contribution in [0.4, 0.5) is 0 Å². The molecular weight excluding hydrogens is 685 g/mol. The third-order valence-electron chi connectivity index (χ3n) is 10.9. The number of nitrogens with zero attached hydrogens (tertiary/aromatic N) is 2. The summed E-state index contributed by atoms with van der Waals surface area (Å²) in [4.78, 5) is 10.5. The molecule has 0 saturated carbocycles. The second kappa shape index (κ2) is 12.9. The zero-order valence-corrected chi connectivity index (χ0v) is 30.6. The number of thiophene rings is 1. The van der Waals surface area contributed by atoms with Gasteiger partial charge in [-0.25, -0.2) is 9.97 Å². The Hall–Kier alpha value is -6.94. The molecule has 0 N–H and O–H groups in total. The normalized spacial score (nSPS) is 11.6. The zero-order valence-electron chi connectivity index (χ0n) is 29.8. The molecule has 9 aromatic carbocycles. The maximum absolute atomic E-state index is 5.31. The van der Waals surface area contributed by atoms with Gasteiger partial charge in [-0.3, -0.25) is 0 Å². The second-order valence-electron chi connectivity index (χ2n) is 14.1. The predicted octanol–water partition coefficient (Wildman–Crippen LogP) is 14.6. The monoisotopic (exact) mass is 716 g/mol. The van der Waals surface area contributed by atoms with Crippen LogP contribution in [0.25, 0.3) is 109 Å². The molecule has 11 rings (SSSR count). The van der Waals surface area contributed by atoms with Gasteiger partial charge in [-0.1, -0.05) is 170 Å². The molecule has 0 spiro atoms. The number of rotatable bonds is 5. The van der Waals surface area contributed by atoms with E-state index in [9.17, 15) is 0 Å². The van der Waals surface area contributed by atoms with Crippen LogP contribution in [0.1, 0.15) is 0 Å². The second-order valence-corrected chi connectivity index (χ2v) is 15.2. The van der Waals surface area contributed by atoms with Crippen molar-refractivity contribution in [1.29, 1.82) is 0 Å². The molecule has 0 fully saturated rings. The van der Waals surface area contributed by atoms with Gasteiger partial charge in [0.2, 0.25) is 0 Å². The third-order valence-corrected chi connectivity index (χ3v) is 12.0. The number of aromatic nitrogens is 2. The van der Waals surface area contributed by atoms with Gasteiger partial charge in [-0.05, 0) is 78.8 Å². The first-order chi connectivity index (χ1) is 27.3. The Labute approximate surface area is 322 Å². The van der Waals surface area contributed by atoms with Crippen LogP contribution < -0.4 is 0 Å². The Balaban J connectivity index is 1.10. The zero-order chi connectivity index (χ0) is 36.3. The van der Waals surface area contributed by atoms with Crippen LogP contribution in [-0.2, 0) is 0 Å². The summed E-state index contributed by atoms with van der Waals surface area (Å²) in [5.41, 5.74) is 9.68. The minimum Gasteiger partial charge on any atom is -0.228 e. The molecule has 2 nitrogen and oxygen atoms in total. The van der Waals surface area contributed by atoms with E-state index in [0.29, 0.717) is 5.82 Å². The minimum atomic E-state index is 0.704. The first-order valence-electron chi connectivity index (χ1n) is 18.7. The predicted molar refractivity (Wildman–Crippen MR) is 235 cm³/mol. The largest absolute Gasteiger partial charge is 0.228 e. The highest BCUT2D eigenvalue weighted by molar-refractivity contribution is 7.25. The third kappa shape index (κ3) is 5.32. The number of fused-ring (bicyclic) bond motifs is 7. The summed E-state index contributed by atoms with van der Waals surface area (Å²) in [5, 5.41) is 10.0. The van der Waals surface area contributed by atoms with Gasteiger partial charge in [0.1, 0.15) is 0 Å². The molecule has 0 unspecified atom stereocenters. The van der Waals surface area contributed by atoms with E-state index in [0.717, 1.165) is 33.6 Å². The van der Waals surface area contributed by atoms with E-state index < -0.39 is 0 Å². The lowest BCUT2D eigenvalue weighted by atomic mass is 9.87.